The molecule has 2 N–H and O–H groups in total. The molecule has 0 amide bonds. The van der Waals surface area contributed by atoms with Crippen LogP contribution in [0.1, 0.15) is 10.4 Å². The van der Waals surface area contributed by atoms with E-state index >= 15 is 0 Å². The van der Waals surface area contributed by atoms with Crippen molar-refractivity contribution in [1.82, 2.24) is 4.98 Å². The maximum atomic E-state index is 13.1. The molecule has 0 saturated heterocycles. The molecule has 0 atom stereocenters. The van der Waals surface area contributed by atoms with Gasteiger partial charge in [-0.25, -0.2) is 9.18 Å². The monoisotopic (exact) mass is 255 g/mol. The highest BCUT2D eigenvalue weighted by molar-refractivity contribution is 5.89. The molecule has 0 unspecified atom stereocenters. The number of H-pyrrole nitrogens is 1. The van der Waals surface area contributed by atoms with Crippen molar-refractivity contribution in [3.8, 4) is 11.3 Å². The van der Waals surface area contributed by atoms with Gasteiger partial charge in [0, 0.05) is 16.6 Å². The predicted octanol–water partition coefficient (Wildman–Crippen LogP) is 3.67. The highest BCUT2D eigenvalue weighted by atomic mass is 19.1. The summed E-state index contributed by atoms with van der Waals surface area (Å²) in [6.07, 6.45) is 0. The number of carboxylic acids is 1. The van der Waals surface area contributed by atoms with Crippen molar-refractivity contribution in [2.75, 3.05) is 0 Å². The zero-order chi connectivity index (χ0) is 13.4. The average molecular weight is 255 g/mol. The minimum Gasteiger partial charge on any atom is -0.478 e. The van der Waals surface area contributed by atoms with Crippen LogP contribution in [0.25, 0.3) is 22.2 Å². The van der Waals surface area contributed by atoms with Crippen LogP contribution in [0.4, 0.5) is 4.39 Å². The molecule has 0 saturated carbocycles. The maximum Gasteiger partial charge on any atom is 0.335 e. The van der Waals surface area contributed by atoms with Gasteiger partial charge in [0.2, 0.25) is 0 Å². The Morgan fingerprint density at radius 3 is 2.47 bits per heavy atom. The van der Waals surface area contributed by atoms with Gasteiger partial charge < -0.3 is 10.1 Å². The molecule has 0 bridgehead atoms. The summed E-state index contributed by atoms with van der Waals surface area (Å²) in [7, 11) is 0. The van der Waals surface area contributed by atoms with Crippen molar-refractivity contribution in [2.24, 2.45) is 0 Å². The molecule has 3 nitrogen and oxygen atoms in total. The van der Waals surface area contributed by atoms with Crippen LogP contribution >= 0.6 is 0 Å². The van der Waals surface area contributed by atoms with E-state index in [0.717, 1.165) is 22.2 Å². The van der Waals surface area contributed by atoms with Crippen LogP contribution in [-0.4, -0.2) is 16.1 Å². The summed E-state index contributed by atoms with van der Waals surface area (Å²) < 4.78 is 13.1. The minimum absolute atomic E-state index is 0.242. The van der Waals surface area contributed by atoms with Crippen LogP contribution in [0.2, 0.25) is 0 Å². The van der Waals surface area contributed by atoms with E-state index in [4.69, 9.17) is 5.11 Å². The third-order valence-electron chi connectivity index (χ3n) is 3.03. The summed E-state index contributed by atoms with van der Waals surface area (Å²) in [6.45, 7) is 0. The summed E-state index contributed by atoms with van der Waals surface area (Å²) in [5, 5.41) is 9.63. The van der Waals surface area contributed by atoms with Crippen LogP contribution in [0.5, 0.6) is 0 Å². The zero-order valence-corrected chi connectivity index (χ0v) is 9.85. The number of nitrogens with one attached hydrogen (secondary N) is 1. The summed E-state index contributed by atoms with van der Waals surface area (Å²) in [6, 6.07) is 12.9. The number of hydrogen-bond donors (Lipinski definition) is 2. The fourth-order valence-corrected chi connectivity index (χ4v) is 2.05. The second-order valence-electron chi connectivity index (χ2n) is 4.30. The Labute approximate surface area is 108 Å². The molecule has 0 aliphatic rings. The van der Waals surface area contributed by atoms with Crippen molar-refractivity contribution >= 4 is 16.9 Å². The molecule has 2 aromatic carbocycles. The Bertz CT molecular complexity index is 759. The second kappa shape index (κ2) is 4.24. The van der Waals surface area contributed by atoms with Crippen molar-refractivity contribution in [3.63, 3.8) is 0 Å². The molecule has 3 aromatic rings. The van der Waals surface area contributed by atoms with Gasteiger partial charge in [-0.05, 0) is 42.0 Å². The Hall–Kier alpha value is -2.62. The molecule has 4 heteroatoms. The van der Waals surface area contributed by atoms with Crippen LogP contribution in [0.3, 0.4) is 0 Å². The number of fused-ring (bicyclic) bond motifs is 1. The van der Waals surface area contributed by atoms with Crippen molar-refractivity contribution in [1.29, 1.82) is 0 Å². The van der Waals surface area contributed by atoms with E-state index in [0.29, 0.717) is 0 Å². The predicted molar refractivity (Wildman–Crippen MR) is 70.7 cm³/mol. The lowest BCUT2D eigenvalue weighted by Gasteiger charge is -1.98. The van der Waals surface area contributed by atoms with Gasteiger partial charge in [0.1, 0.15) is 5.82 Å². The fourth-order valence-electron chi connectivity index (χ4n) is 2.05. The smallest absolute Gasteiger partial charge is 0.335 e. The molecule has 0 aliphatic carbocycles. The van der Waals surface area contributed by atoms with Gasteiger partial charge in [0.15, 0.2) is 0 Å². The van der Waals surface area contributed by atoms with E-state index in [2.05, 4.69) is 4.98 Å². The van der Waals surface area contributed by atoms with E-state index in [9.17, 15) is 9.18 Å². The molecule has 0 aliphatic heterocycles. The first-order chi connectivity index (χ1) is 9.13. The number of benzene rings is 2. The fraction of sp³-hybridized carbons (Fsp3) is 0. The number of aromatic nitrogens is 1. The largest absolute Gasteiger partial charge is 0.478 e. The second-order valence-corrected chi connectivity index (χ2v) is 4.30. The molecule has 1 heterocycles. The third-order valence-corrected chi connectivity index (χ3v) is 3.03. The maximum absolute atomic E-state index is 13.1. The Morgan fingerprint density at radius 2 is 1.79 bits per heavy atom. The number of carboxylic acid groups (broad SMARTS) is 1. The summed E-state index contributed by atoms with van der Waals surface area (Å²) >= 11 is 0. The number of rotatable bonds is 2. The first-order valence-corrected chi connectivity index (χ1v) is 5.75. The topological polar surface area (TPSA) is 53.1 Å². The van der Waals surface area contributed by atoms with Crippen LogP contribution in [0.15, 0.2) is 48.5 Å². The summed E-state index contributed by atoms with van der Waals surface area (Å²) in [5.74, 6) is -1.23. The summed E-state index contributed by atoms with van der Waals surface area (Å²) in [4.78, 5) is 14.0. The quantitative estimate of drug-likeness (QED) is 0.734. The van der Waals surface area contributed by atoms with E-state index < -0.39 is 5.97 Å². The molecule has 0 fully saturated rings. The van der Waals surface area contributed by atoms with E-state index in [-0.39, 0.29) is 11.4 Å². The Morgan fingerprint density at radius 1 is 1.05 bits per heavy atom. The lowest BCUT2D eigenvalue weighted by Crippen LogP contribution is -1.94. The van der Waals surface area contributed by atoms with E-state index in [1.165, 1.54) is 12.1 Å². The molecule has 0 spiro atoms. The molecule has 3 rings (SSSR count). The summed E-state index contributed by atoms with van der Waals surface area (Å²) in [5.41, 5.74) is 2.78. The lowest BCUT2D eigenvalue weighted by atomic mass is 10.1. The number of aromatic amines is 1. The third kappa shape index (κ3) is 2.08. The number of halogens is 1. The van der Waals surface area contributed by atoms with E-state index in [1.807, 2.05) is 6.07 Å². The van der Waals surface area contributed by atoms with Gasteiger partial charge in [-0.2, -0.15) is 0 Å². The highest BCUT2D eigenvalue weighted by Crippen LogP contribution is 2.24. The molecule has 1 aromatic heterocycles. The molecule has 0 radical (unpaired) electrons. The van der Waals surface area contributed by atoms with Gasteiger partial charge in [-0.1, -0.05) is 12.1 Å². The van der Waals surface area contributed by atoms with Crippen LogP contribution in [-0.2, 0) is 0 Å². The van der Waals surface area contributed by atoms with Crippen LogP contribution in [0, 0.1) is 5.82 Å². The van der Waals surface area contributed by atoms with Crippen molar-refractivity contribution < 1.29 is 14.3 Å². The normalized spacial score (nSPS) is 10.8. The first kappa shape index (κ1) is 11.5. The molecular formula is C15H10FNO2. The molecular weight excluding hydrogens is 245 g/mol. The standard InChI is InChI=1S/C15H10FNO2/c16-12-5-6-13-11(7-12)8-14(17-13)9-1-3-10(4-2-9)15(18)19/h1-8,17H,(H,18,19). The van der Waals surface area contributed by atoms with Gasteiger partial charge >= 0.3 is 5.97 Å². The number of aromatic carboxylic acids is 1. The van der Waals surface area contributed by atoms with Gasteiger partial charge in [-0.15, -0.1) is 0 Å². The Kier molecular flexibility index (Phi) is 2.56. The first-order valence-electron chi connectivity index (χ1n) is 5.75. The van der Waals surface area contributed by atoms with Gasteiger partial charge in [-0.3, -0.25) is 0 Å². The SMILES string of the molecule is O=C(O)c1ccc(-c2cc3cc(F)ccc3[nH]2)cc1. The lowest BCUT2D eigenvalue weighted by molar-refractivity contribution is 0.0697. The average Bonchev–Trinajstić information content (AvgIpc) is 2.81. The Balaban J connectivity index is 2.06. The highest BCUT2D eigenvalue weighted by Gasteiger charge is 2.06. The van der Waals surface area contributed by atoms with Gasteiger partial charge in [0.05, 0.1) is 5.56 Å². The molecule has 94 valence electrons. The number of hydrogen-bond acceptors (Lipinski definition) is 1. The van der Waals surface area contributed by atoms with Crippen molar-refractivity contribution in [3.05, 3.63) is 59.9 Å². The van der Waals surface area contributed by atoms with Crippen molar-refractivity contribution in [2.45, 2.75) is 0 Å². The van der Waals surface area contributed by atoms with E-state index in [1.54, 1.807) is 30.3 Å². The van der Waals surface area contributed by atoms with Crippen LogP contribution < -0.4 is 0 Å². The number of carbonyl (C=O) groups is 1. The van der Waals surface area contributed by atoms with Gasteiger partial charge in [0.25, 0.3) is 0 Å². The molecule has 19 heavy (non-hydrogen) atoms. The minimum atomic E-state index is -0.953. The zero-order valence-electron chi connectivity index (χ0n) is 9.85.